The summed E-state index contributed by atoms with van der Waals surface area (Å²) in [5.41, 5.74) is 0. The number of aliphatic carboxylic acids is 1. The lowest BCUT2D eigenvalue weighted by molar-refractivity contribution is -0.137. The monoisotopic (exact) mass is 341 g/mol. The smallest absolute Gasteiger partial charge is 0.303 e. The minimum absolute atomic E-state index is 0.158. The van der Waals surface area contributed by atoms with Crippen LogP contribution in [-0.2, 0) is 4.79 Å². The van der Waals surface area contributed by atoms with Crippen LogP contribution in [0.2, 0.25) is 0 Å². The molecule has 0 spiro atoms. The number of benzene rings is 2. The molecule has 132 valence electrons. The van der Waals surface area contributed by atoms with Crippen LogP contribution in [-0.4, -0.2) is 41.7 Å². The summed E-state index contributed by atoms with van der Waals surface area (Å²) in [6, 6.07) is 17.3. The summed E-state index contributed by atoms with van der Waals surface area (Å²) in [5, 5.41) is 8.70. The van der Waals surface area contributed by atoms with Crippen LogP contribution in [0.15, 0.2) is 54.6 Å². The first kappa shape index (κ1) is 17.3. The average Bonchev–Trinajstić information content (AvgIpc) is 3.05. The Hall–Kier alpha value is -2.53. The summed E-state index contributed by atoms with van der Waals surface area (Å²) in [6.07, 6.45) is 2.04. The van der Waals surface area contributed by atoms with Gasteiger partial charge in [0.25, 0.3) is 0 Å². The van der Waals surface area contributed by atoms with E-state index in [2.05, 4.69) is 4.90 Å². The number of carboxylic acids is 1. The molecule has 3 rings (SSSR count). The van der Waals surface area contributed by atoms with Crippen molar-refractivity contribution in [3.05, 3.63) is 54.6 Å². The molecular formula is C20H23NO4. The second-order valence-electron chi connectivity index (χ2n) is 6.21. The zero-order chi connectivity index (χ0) is 17.5. The SMILES string of the molecule is O=C(O)CCCN1CC[C@@H](Oc2ccc(Oc3ccccc3)cc2)C1. The number of para-hydroxylation sites is 1. The maximum Gasteiger partial charge on any atom is 0.303 e. The van der Waals surface area contributed by atoms with E-state index in [0.717, 1.165) is 43.3 Å². The van der Waals surface area contributed by atoms with Crippen LogP contribution in [0.3, 0.4) is 0 Å². The van der Waals surface area contributed by atoms with Crippen LogP contribution in [0, 0.1) is 0 Å². The van der Waals surface area contributed by atoms with E-state index in [0.29, 0.717) is 6.42 Å². The first-order chi connectivity index (χ1) is 12.2. The van der Waals surface area contributed by atoms with Gasteiger partial charge in [-0.25, -0.2) is 0 Å². The van der Waals surface area contributed by atoms with E-state index in [1.54, 1.807) is 0 Å². The Balaban J connectivity index is 1.45. The van der Waals surface area contributed by atoms with E-state index in [1.807, 2.05) is 54.6 Å². The number of likely N-dealkylation sites (tertiary alicyclic amines) is 1. The second-order valence-corrected chi connectivity index (χ2v) is 6.21. The van der Waals surface area contributed by atoms with Crippen LogP contribution in [0.25, 0.3) is 0 Å². The molecule has 0 bridgehead atoms. The molecule has 0 radical (unpaired) electrons. The fraction of sp³-hybridized carbons (Fsp3) is 0.350. The minimum atomic E-state index is -0.732. The highest BCUT2D eigenvalue weighted by Crippen LogP contribution is 2.25. The highest BCUT2D eigenvalue weighted by atomic mass is 16.5. The zero-order valence-corrected chi connectivity index (χ0v) is 14.1. The van der Waals surface area contributed by atoms with E-state index in [-0.39, 0.29) is 12.5 Å². The highest BCUT2D eigenvalue weighted by molar-refractivity contribution is 5.66. The summed E-state index contributed by atoms with van der Waals surface area (Å²) in [7, 11) is 0. The van der Waals surface area contributed by atoms with Gasteiger partial charge in [0, 0.05) is 19.5 Å². The van der Waals surface area contributed by atoms with Crippen molar-refractivity contribution in [2.75, 3.05) is 19.6 Å². The quantitative estimate of drug-likeness (QED) is 0.791. The molecule has 25 heavy (non-hydrogen) atoms. The molecule has 1 aliphatic heterocycles. The van der Waals surface area contributed by atoms with Gasteiger partial charge in [-0.1, -0.05) is 18.2 Å². The third-order valence-electron chi connectivity index (χ3n) is 4.20. The van der Waals surface area contributed by atoms with Crippen LogP contribution in [0.4, 0.5) is 0 Å². The Bertz CT molecular complexity index is 672. The van der Waals surface area contributed by atoms with E-state index in [4.69, 9.17) is 14.6 Å². The number of carboxylic acid groups (broad SMARTS) is 1. The number of nitrogens with zero attached hydrogens (tertiary/aromatic N) is 1. The first-order valence-corrected chi connectivity index (χ1v) is 8.63. The molecule has 2 aromatic rings. The predicted molar refractivity (Wildman–Crippen MR) is 95.3 cm³/mol. The van der Waals surface area contributed by atoms with Crippen molar-refractivity contribution in [3.8, 4) is 17.2 Å². The lowest BCUT2D eigenvalue weighted by Gasteiger charge is -2.16. The van der Waals surface area contributed by atoms with E-state index in [9.17, 15) is 4.79 Å². The number of rotatable bonds is 8. The number of ether oxygens (including phenoxy) is 2. The Morgan fingerprint density at radius 3 is 2.44 bits per heavy atom. The molecule has 0 aromatic heterocycles. The molecule has 1 atom stereocenters. The van der Waals surface area contributed by atoms with E-state index in [1.165, 1.54) is 0 Å². The molecule has 1 heterocycles. The van der Waals surface area contributed by atoms with Gasteiger partial charge in [0.15, 0.2) is 0 Å². The van der Waals surface area contributed by atoms with Crippen molar-refractivity contribution in [3.63, 3.8) is 0 Å². The lowest BCUT2D eigenvalue weighted by Crippen LogP contribution is -2.26. The van der Waals surface area contributed by atoms with E-state index < -0.39 is 5.97 Å². The first-order valence-electron chi connectivity index (χ1n) is 8.63. The van der Waals surface area contributed by atoms with Gasteiger partial charge in [-0.15, -0.1) is 0 Å². The number of carbonyl (C=O) groups is 1. The molecule has 0 amide bonds. The molecule has 0 saturated carbocycles. The normalized spacial score (nSPS) is 17.4. The maximum atomic E-state index is 10.6. The fourth-order valence-corrected chi connectivity index (χ4v) is 2.95. The van der Waals surface area contributed by atoms with Gasteiger partial charge in [-0.2, -0.15) is 0 Å². The number of hydrogen-bond acceptors (Lipinski definition) is 4. The average molecular weight is 341 g/mol. The van der Waals surface area contributed by atoms with Gasteiger partial charge >= 0.3 is 5.97 Å². The molecule has 1 aliphatic rings. The highest BCUT2D eigenvalue weighted by Gasteiger charge is 2.23. The Kier molecular flexibility index (Phi) is 5.90. The molecule has 5 heteroatoms. The molecular weight excluding hydrogens is 318 g/mol. The summed E-state index contributed by atoms with van der Waals surface area (Å²) >= 11 is 0. The Morgan fingerprint density at radius 2 is 1.72 bits per heavy atom. The Labute approximate surface area is 147 Å². The van der Waals surface area contributed by atoms with Crippen LogP contribution < -0.4 is 9.47 Å². The summed E-state index contributed by atoms with van der Waals surface area (Å²) < 4.78 is 11.8. The topological polar surface area (TPSA) is 59.0 Å². The van der Waals surface area contributed by atoms with Crippen molar-refractivity contribution in [2.45, 2.75) is 25.4 Å². The lowest BCUT2D eigenvalue weighted by atomic mass is 10.3. The second kappa shape index (κ2) is 8.53. The van der Waals surface area contributed by atoms with Crippen LogP contribution in [0.5, 0.6) is 17.2 Å². The van der Waals surface area contributed by atoms with Crippen LogP contribution >= 0.6 is 0 Å². The van der Waals surface area contributed by atoms with Crippen molar-refractivity contribution in [1.82, 2.24) is 4.90 Å². The molecule has 0 unspecified atom stereocenters. The molecule has 0 aliphatic carbocycles. The van der Waals surface area contributed by atoms with Gasteiger partial charge < -0.3 is 14.6 Å². The van der Waals surface area contributed by atoms with E-state index >= 15 is 0 Å². The van der Waals surface area contributed by atoms with Crippen molar-refractivity contribution in [1.29, 1.82) is 0 Å². The summed E-state index contributed by atoms with van der Waals surface area (Å²) in [4.78, 5) is 12.8. The predicted octanol–water partition coefficient (Wildman–Crippen LogP) is 3.80. The third-order valence-corrected chi connectivity index (χ3v) is 4.20. The van der Waals surface area contributed by atoms with Crippen LogP contribution in [0.1, 0.15) is 19.3 Å². The Morgan fingerprint density at radius 1 is 1.04 bits per heavy atom. The third kappa shape index (κ3) is 5.50. The molecule has 1 N–H and O–H groups in total. The standard InChI is InChI=1S/C20H23NO4/c22-20(23)7-4-13-21-14-12-19(15-21)25-18-10-8-17(9-11-18)24-16-5-2-1-3-6-16/h1-3,5-6,8-11,19H,4,7,12-15H2,(H,22,23)/t19-/m1/s1. The van der Waals surface area contributed by atoms with Gasteiger partial charge in [0.05, 0.1) is 0 Å². The maximum absolute atomic E-state index is 10.6. The molecule has 1 saturated heterocycles. The van der Waals surface area contributed by atoms with Crippen molar-refractivity contribution < 1.29 is 19.4 Å². The molecule has 1 fully saturated rings. The van der Waals surface area contributed by atoms with Crippen molar-refractivity contribution in [2.24, 2.45) is 0 Å². The zero-order valence-electron chi connectivity index (χ0n) is 14.1. The molecule has 2 aromatic carbocycles. The largest absolute Gasteiger partial charge is 0.489 e. The van der Waals surface area contributed by atoms with Gasteiger partial charge in [-0.05, 0) is 55.8 Å². The van der Waals surface area contributed by atoms with Gasteiger partial charge in [0.1, 0.15) is 23.4 Å². The summed E-state index contributed by atoms with van der Waals surface area (Å²) in [6.45, 7) is 2.62. The van der Waals surface area contributed by atoms with Gasteiger partial charge in [0.2, 0.25) is 0 Å². The summed E-state index contributed by atoms with van der Waals surface area (Å²) in [5.74, 6) is 1.69. The minimum Gasteiger partial charge on any atom is -0.489 e. The van der Waals surface area contributed by atoms with Gasteiger partial charge in [-0.3, -0.25) is 9.69 Å². The fourth-order valence-electron chi connectivity index (χ4n) is 2.95. The molecule has 5 nitrogen and oxygen atoms in total. The van der Waals surface area contributed by atoms with Crippen molar-refractivity contribution >= 4 is 5.97 Å². The number of hydrogen-bond donors (Lipinski definition) is 1.